The van der Waals surface area contributed by atoms with Gasteiger partial charge >= 0.3 is 0 Å². The van der Waals surface area contributed by atoms with Crippen LogP contribution in [0.2, 0.25) is 0 Å². The van der Waals surface area contributed by atoms with Gasteiger partial charge in [0.2, 0.25) is 0 Å². The number of thioether (sulfide) groups is 1. The highest BCUT2D eigenvalue weighted by molar-refractivity contribution is 8.00. The molecule has 0 saturated heterocycles. The molecule has 2 aromatic carbocycles. The van der Waals surface area contributed by atoms with Crippen molar-refractivity contribution < 1.29 is 22.1 Å². The number of rotatable bonds is 4. The van der Waals surface area contributed by atoms with Crippen LogP contribution in [-0.2, 0) is 14.3 Å². The zero-order valence-corrected chi connectivity index (χ0v) is 15.7. The molecule has 0 fully saturated rings. The number of aliphatic hydroxyl groups is 1. The first-order chi connectivity index (χ1) is 11.7. The summed E-state index contributed by atoms with van der Waals surface area (Å²) in [6.07, 6.45) is -0.967. The molecule has 1 heterocycles. The number of aliphatic hydroxyl groups excluding tert-OH is 1. The maximum atomic E-state index is 13.3. The van der Waals surface area contributed by atoms with Gasteiger partial charge in [-0.1, -0.05) is 17.7 Å². The molecule has 3 rings (SSSR count). The largest absolute Gasteiger partial charge is 0.387 e. The summed E-state index contributed by atoms with van der Waals surface area (Å²) in [5, 5.41) is 9.81. The van der Waals surface area contributed by atoms with Crippen molar-refractivity contribution in [1.29, 1.82) is 0 Å². The summed E-state index contributed by atoms with van der Waals surface area (Å²) in [5.41, 5.74) is 2.71. The van der Waals surface area contributed by atoms with Gasteiger partial charge in [0.05, 0.1) is 22.9 Å². The molecule has 2 aromatic rings. The van der Waals surface area contributed by atoms with Crippen molar-refractivity contribution >= 4 is 21.9 Å². The van der Waals surface area contributed by atoms with Gasteiger partial charge in [-0.05, 0) is 55.7 Å². The minimum Gasteiger partial charge on any atom is -0.387 e. The standard InChI is InChI=1S/C18H19FO4S2/c1-10-6-11(2)18(12(3)7-10)25(21,22)23-9-16-17(20)14-8-13(19)4-5-15(14)24-16/h4-8,16-17,20H,9H2,1-3H3/t16-,17+/m1/s1. The Hall–Kier alpha value is -1.41. The Kier molecular flexibility index (Phi) is 4.94. The fourth-order valence-electron chi connectivity index (χ4n) is 3.19. The lowest BCUT2D eigenvalue weighted by atomic mass is 10.1. The zero-order chi connectivity index (χ0) is 18.4. The average molecular weight is 382 g/mol. The first-order valence-corrected chi connectivity index (χ1v) is 10.1. The van der Waals surface area contributed by atoms with E-state index in [0.29, 0.717) is 16.7 Å². The van der Waals surface area contributed by atoms with E-state index in [0.717, 1.165) is 10.5 Å². The van der Waals surface area contributed by atoms with E-state index in [2.05, 4.69) is 0 Å². The fraction of sp³-hybridized carbons (Fsp3) is 0.333. The Morgan fingerprint density at radius 1 is 1.16 bits per heavy atom. The summed E-state index contributed by atoms with van der Waals surface area (Å²) >= 11 is 1.29. The third-order valence-corrected chi connectivity index (χ3v) is 7.08. The van der Waals surface area contributed by atoms with Crippen LogP contribution in [0.1, 0.15) is 28.4 Å². The molecular formula is C18H19FO4S2. The van der Waals surface area contributed by atoms with Gasteiger partial charge < -0.3 is 5.11 Å². The van der Waals surface area contributed by atoms with E-state index in [1.54, 1.807) is 32.0 Å². The van der Waals surface area contributed by atoms with Crippen LogP contribution in [-0.4, -0.2) is 25.4 Å². The molecule has 0 radical (unpaired) electrons. The second-order valence-corrected chi connectivity index (χ2v) is 9.08. The molecule has 0 unspecified atom stereocenters. The first kappa shape index (κ1) is 18.4. The molecule has 134 valence electrons. The molecule has 1 aliphatic rings. The van der Waals surface area contributed by atoms with Crippen LogP contribution in [0.25, 0.3) is 0 Å². The smallest absolute Gasteiger partial charge is 0.297 e. The molecular weight excluding hydrogens is 363 g/mol. The molecule has 0 bridgehead atoms. The van der Waals surface area contributed by atoms with E-state index in [4.69, 9.17) is 4.18 Å². The van der Waals surface area contributed by atoms with Gasteiger partial charge in [0, 0.05) is 4.90 Å². The summed E-state index contributed by atoms with van der Waals surface area (Å²) in [4.78, 5) is 0.904. The highest BCUT2D eigenvalue weighted by atomic mass is 32.2. The lowest BCUT2D eigenvalue weighted by Crippen LogP contribution is -2.21. The van der Waals surface area contributed by atoms with Gasteiger partial charge in [0.25, 0.3) is 10.1 Å². The van der Waals surface area contributed by atoms with Crippen LogP contribution >= 0.6 is 11.8 Å². The van der Waals surface area contributed by atoms with Gasteiger partial charge in [-0.3, -0.25) is 4.18 Å². The maximum Gasteiger partial charge on any atom is 0.297 e. The van der Waals surface area contributed by atoms with Crippen LogP contribution in [0, 0.1) is 26.6 Å². The molecule has 7 heteroatoms. The number of hydrogen-bond donors (Lipinski definition) is 1. The molecule has 4 nitrogen and oxygen atoms in total. The normalized spacial score (nSPS) is 19.9. The van der Waals surface area contributed by atoms with Gasteiger partial charge in [0.15, 0.2) is 0 Å². The van der Waals surface area contributed by atoms with Crippen molar-refractivity contribution in [2.45, 2.75) is 41.9 Å². The Balaban J connectivity index is 1.78. The van der Waals surface area contributed by atoms with Gasteiger partial charge in [-0.2, -0.15) is 8.42 Å². The van der Waals surface area contributed by atoms with E-state index in [1.165, 1.54) is 23.9 Å². The Morgan fingerprint density at radius 3 is 2.44 bits per heavy atom. The SMILES string of the molecule is Cc1cc(C)c(S(=O)(=O)OC[C@H]2Sc3ccc(F)cc3[C@@H]2O)c(C)c1. The monoisotopic (exact) mass is 382 g/mol. The van der Waals surface area contributed by atoms with Gasteiger partial charge in [-0.25, -0.2) is 4.39 Å². The molecule has 0 amide bonds. The number of fused-ring (bicyclic) bond motifs is 1. The van der Waals surface area contributed by atoms with Crippen LogP contribution in [0.3, 0.4) is 0 Å². The van der Waals surface area contributed by atoms with Crippen molar-refractivity contribution in [1.82, 2.24) is 0 Å². The van der Waals surface area contributed by atoms with Gasteiger partial charge in [0.1, 0.15) is 5.82 Å². The Morgan fingerprint density at radius 2 is 1.80 bits per heavy atom. The minimum absolute atomic E-state index is 0.166. The number of halogens is 1. The zero-order valence-electron chi connectivity index (χ0n) is 14.1. The first-order valence-electron chi connectivity index (χ1n) is 7.80. The summed E-state index contributed by atoms with van der Waals surface area (Å²) < 4.78 is 43.8. The molecule has 0 spiro atoms. The molecule has 2 atom stereocenters. The van der Waals surface area contributed by atoms with E-state index in [1.807, 2.05) is 6.92 Å². The quantitative estimate of drug-likeness (QED) is 0.818. The Labute approximate surface area is 151 Å². The number of aryl methyl sites for hydroxylation is 3. The van der Waals surface area contributed by atoms with Crippen molar-refractivity contribution in [3.63, 3.8) is 0 Å². The predicted molar refractivity (Wildman–Crippen MR) is 94.8 cm³/mol. The highest BCUT2D eigenvalue weighted by Gasteiger charge is 2.34. The second kappa shape index (κ2) is 6.72. The van der Waals surface area contributed by atoms with Crippen molar-refractivity contribution in [2.24, 2.45) is 0 Å². The molecule has 0 saturated carbocycles. The topological polar surface area (TPSA) is 63.6 Å². The molecule has 0 aromatic heterocycles. The average Bonchev–Trinajstić information content (AvgIpc) is 2.80. The van der Waals surface area contributed by atoms with E-state index in [9.17, 15) is 17.9 Å². The summed E-state index contributed by atoms with van der Waals surface area (Å²) in [6, 6.07) is 7.76. The van der Waals surface area contributed by atoms with Crippen molar-refractivity contribution in [3.05, 3.63) is 58.4 Å². The van der Waals surface area contributed by atoms with E-state index >= 15 is 0 Å². The number of benzene rings is 2. The Bertz CT molecular complexity index is 902. The van der Waals surface area contributed by atoms with Crippen molar-refractivity contribution in [3.8, 4) is 0 Å². The third-order valence-electron chi connectivity index (χ3n) is 4.16. The summed E-state index contributed by atoms with van der Waals surface area (Å²) in [6.45, 7) is 5.18. The van der Waals surface area contributed by atoms with Crippen LogP contribution in [0.15, 0.2) is 40.1 Å². The van der Waals surface area contributed by atoms with E-state index in [-0.39, 0.29) is 11.5 Å². The van der Waals surface area contributed by atoms with Crippen LogP contribution in [0.5, 0.6) is 0 Å². The molecule has 1 aliphatic heterocycles. The lowest BCUT2D eigenvalue weighted by Gasteiger charge is -2.16. The molecule has 0 aliphatic carbocycles. The molecule has 25 heavy (non-hydrogen) atoms. The lowest BCUT2D eigenvalue weighted by molar-refractivity contribution is 0.152. The predicted octanol–water partition coefficient (Wildman–Crippen LogP) is 3.66. The number of hydrogen-bond acceptors (Lipinski definition) is 5. The fourth-order valence-corrected chi connectivity index (χ4v) is 5.82. The highest BCUT2D eigenvalue weighted by Crippen LogP contribution is 2.44. The van der Waals surface area contributed by atoms with Crippen LogP contribution in [0.4, 0.5) is 4.39 Å². The van der Waals surface area contributed by atoms with Gasteiger partial charge in [-0.15, -0.1) is 11.8 Å². The molecule has 1 N–H and O–H groups in total. The second-order valence-electron chi connectivity index (χ2n) is 6.25. The third kappa shape index (κ3) is 3.60. The minimum atomic E-state index is -3.94. The van der Waals surface area contributed by atoms with E-state index < -0.39 is 27.3 Å². The van der Waals surface area contributed by atoms with Crippen molar-refractivity contribution in [2.75, 3.05) is 6.61 Å². The summed E-state index contributed by atoms with van der Waals surface area (Å²) in [5.74, 6) is -0.432. The maximum absolute atomic E-state index is 13.3. The van der Waals surface area contributed by atoms with Crippen LogP contribution < -0.4 is 0 Å². The summed E-state index contributed by atoms with van der Waals surface area (Å²) in [7, 11) is -3.94.